The number of rotatable bonds is 5. The summed E-state index contributed by atoms with van der Waals surface area (Å²) in [4.78, 5) is 26.1. The van der Waals surface area contributed by atoms with Gasteiger partial charge >= 0.3 is 6.09 Å². The van der Waals surface area contributed by atoms with Crippen LogP contribution < -0.4 is 5.32 Å². The molecule has 7 heteroatoms. The number of hydrogen-bond donors (Lipinski definition) is 2. The molecule has 0 aromatic carbocycles. The molecule has 1 saturated carbocycles. The van der Waals surface area contributed by atoms with E-state index in [1.165, 1.54) is 11.3 Å². The van der Waals surface area contributed by atoms with Crippen molar-refractivity contribution in [2.75, 3.05) is 19.6 Å². The minimum Gasteiger partial charge on any atom is -0.436 e. The second-order valence-corrected chi connectivity index (χ2v) is 6.83. The van der Waals surface area contributed by atoms with Crippen molar-refractivity contribution in [1.29, 1.82) is 5.26 Å². The number of likely N-dealkylation sites (tertiary alicyclic amines) is 1. The van der Waals surface area contributed by atoms with Crippen LogP contribution in [0.2, 0.25) is 0 Å². The molecule has 2 amide bonds. The minimum atomic E-state index is -0.897. The van der Waals surface area contributed by atoms with Gasteiger partial charge in [-0.05, 0) is 12.3 Å². The lowest BCUT2D eigenvalue weighted by atomic mass is 9.78. The molecule has 1 aliphatic carbocycles. The summed E-state index contributed by atoms with van der Waals surface area (Å²) in [7, 11) is 0. The maximum atomic E-state index is 12.4. The first-order valence-corrected chi connectivity index (χ1v) is 8.81. The van der Waals surface area contributed by atoms with Crippen molar-refractivity contribution in [3.8, 4) is 6.07 Å². The van der Waals surface area contributed by atoms with Crippen LogP contribution in [0.25, 0.3) is 0 Å². The average molecular weight is 337 g/mol. The molecular formula is C17H27N3O4. The van der Waals surface area contributed by atoms with Crippen LogP contribution in [0.3, 0.4) is 0 Å². The topological polar surface area (TPSA) is 103 Å². The van der Waals surface area contributed by atoms with Gasteiger partial charge in [-0.25, -0.2) is 4.79 Å². The van der Waals surface area contributed by atoms with E-state index in [4.69, 9.17) is 10.00 Å². The molecule has 1 saturated heterocycles. The van der Waals surface area contributed by atoms with Gasteiger partial charge in [0, 0.05) is 19.0 Å². The third-order valence-corrected chi connectivity index (χ3v) is 5.12. The van der Waals surface area contributed by atoms with Crippen molar-refractivity contribution in [3.63, 3.8) is 0 Å². The summed E-state index contributed by atoms with van der Waals surface area (Å²) in [6, 6.07) is 1.87. The third kappa shape index (κ3) is 4.84. The highest BCUT2D eigenvalue weighted by Crippen LogP contribution is 2.33. The minimum absolute atomic E-state index is 0.0968. The molecule has 2 aliphatic rings. The van der Waals surface area contributed by atoms with Crippen molar-refractivity contribution in [2.45, 2.75) is 57.7 Å². The van der Waals surface area contributed by atoms with Crippen LogP contribution in [0.1, 0.15) is 45.4 Å². The van der Waals surface area contributed by atoms with Crippen molar-refractivity contribution in [2.24, 2.45) is 11.8 Å². The third-order valence-electron chi connectivity index (χ3n) is 5.12. The Hall–Kier alpha value is -1.81. The van der Waals surface area contributed by atoms with Crippen LogP contribution >= 0.6 is 0 Å². The molecule has 1 heterocycles. The predicted octanol–water partition coefficient (Wildman–Crippen LogP) is 1.41. The molecule has 0 bridgehead atoms. The van der Waals surface area contributed by atoms with Crippen LogP contribution in [0.15, 0.2) is 0 Å². The summed E-state index contributed by atoms with van der Waals surface area (Å²) in [5, 5.41) is 20.7. The van der Waals surface area contributed by atoms with Gasteiger partial charge in [0.1, 0.15) is 6.54 Å². The summed E-state index contributed by atoms with van der Waals surface area (Å²) in [5.41, 5.74) is 0. The Morgan fingerprint density at radius 1 is 1.33 bits per heavy atom. The molecule has 0 aromatic heterocycles. The van der Waals surface area contributed by atoms with E-state index in [0.29, 0.717) is 18.9 Å². The largest absolute Gasteiger partial charge is 0.436 e. The zero-order valence-electron chi connectivity index (χ0n) is 14.2. The van der Waals surface area contributed by atoms with Crippen LogP contribution in [-0.2, 0) is 9.53 Å². The van der Waals surface area contributed by atoms with Gasteiger partial charge in [-0.2, -0.15) is 5.26 Å². The van der Waals surface area contributed by atoms with Gasteiger partial charge in [-0.1, -0.05) is 39.0 Å². The highest BCUT2D eigenvalue weighted by Gasteiger charge is 2.36. The van der Waals surface area contributed by atoms with Crippen LogP contribution in [0, 0.1) is 23.2 Å². The first-order chi connectivity index (χ1) is 11.5. The number of nitriles is 1. The molecule has 3 atom stereocenters. The van der Waals surface area contributed by atoms with E-state index in [1.807, 2.05) is 13.0 Å². The molecule has 24 heavy (non-hydrogen) atoms. The van der Waals surface area contributed by atoms with Crippen molar-refractivity contribution < 1.29 is 19.4 Å². The SMILES string of the molecule is CC(C1CCCCC1)[C@H](OC(=O)N1CC[C@H](O)C1)C(=O)NCC#N. The van der Waals surface area contributed by atoms with Gasteiger partial charge in [0.15, 0.2) is 6.10 Å². The fourth-order valence-electron chi connectivity index (χ4n) is 3.62. The summed E-state index contributed by atoms with van der Waals surface area (Å²) >= 11 is 0. The molecule has 134 valence electrons. The second kappa shape index (κ2) is 8.88. The number of nitrogens with zero attached hydrogens (tertiary/aromatic N) is 2. The zero-order chi connectivity index (χ0) is 17.5. The molecule has 0 aromatic rings. The predicted molar refractivity (Wildman–Crippen MR) is 86.8 cm³/mol. The van der Waals surface area contributed by atoms with Gasteiger partial charge < -0.3 is 20.1 Å². The van der Waals surface area contributed by atoms with E-state index in [0.717, 1.165) is 25.7 Å². The number of ether oxygens (including phenoxy) is 1. The second-order valence-electron chi connectivity index (χ2n) is 6.83. The lowest BCUT2D eigenvalue weighted by Crippen LogP contribution is -2.46. The van der Waals surface area contributed by atoms with Crippen LogP contribution in [-0.4, -0.2) is 53.8 Å². The van der Waals surface area contributed by atoms with Gasteiger partial charge in [0.2, 0.25) is 0 Å². The number of β-amino-alcohol motifs (C(OH)–C–C–N with tert-alkyl or cyclic N) is 1. The molecule has 0 radical (unpaired) electrons. The Bertz CT molecular complexity index is 485. The molecule has 1 aliphatic heterocycles. The Kier molecular flexibility index (Phi) is 6.85. The number of carbonyl (C=O) groups excluding carboxylic acids is 2. The van der Waals surface area contributed by atoms with Gasteiger partial charge in [-0.3, -0.25) is 4.79 Å². The fourth-order valence-corrected chi connectivity index (χ4v) is 3.62. The quantitative estimate of drug-likeness (QED) is 0.739. The van der Waals surface area contributed by atoms with E-state index >= 15 is 0 Å². The maximum absolute atomic E-state index is 12.4. The Morgan fingerprint density at radius 3 is 2.62 bits per heavy atom. The van der Waals surface area contributed by atoms with E-state index in [2.05, 4.69) is 5.32 Å². The lowest BCUT2D eigenvalue weighted by Gasteiger charge is -2.33. The average Bonchev–Trinajstić information content (AvgIpc) is 3.04. The van der Waals surface area contributed by atoms with E-state index in [9.17, 15) is 14.7 Å². The molecule has 2 N–H and O–H groups in total. The number of carbonyl (C=O) groups is 2. The standard InChI is InChI=1S/C17H27N3O4/c1-12(13-5-3-2-4-6-13)15(16(22)19-9-8-18)24-17(23)20-10-7-14(21)11-20/h12-15,21H,2-7,9-11H2,1H3,(H,19,22)/t12?,14-,15-/m0/s1. The molecule has 1 unspecified atom stereocenters. The molecule has 2 rings (SSSR count). The van der Waals surface area contributed by atoms with Crippen molar-refractivity contribution in [1.82, 2.24) is 10.2 Å². The first kappa shape index (κ1) is 18.5. The molecular weight excluding hydrogens is 310 g/mol. The smallest absolute Gasteiger partial charge is 0.410 e. The van der Waals surface area contributed by atoms with E-state index in [-0.39, 0.29) is 19.0 Å². The fraction of sp³-hybridized carbons (Fsp3) is 0.824. The number of hydrogen-bond acceptors (Lipinski definition) is 5. The highest BCUT2D eigenvalue weighted by molar-refractivity contribution is 5.84. The van der Waals surface area contributed by atoms with Gasteiger partial charge in [-0.15, -0.1) is 0 Å². The monoisotopic (exact) mass is 337 g/mol. The Labute approximate surface area is 142 Å². The van der Waals surface area contributed by atoms with Gasteiger partial charge in [0.05, 0.1) is 12.2 Å². The zero-order valence-corrected chi connectivity index (χ0v) is 14.2. The Balaban J connectivity index is 2.02. The molecule has 7 nitrogen and oxygen atoms in total. The summed E-state index contributed by atoms with van der Waals surface area (Å²) in [5.74, 6) is -0.170. The molecule has 2 fully saturated rings. The lowest BCUT2D eigenvalue weighted by molar-refractivity contribution is -0.133. The summed E-state index contributed by atoms with van der Waals surface area (Å²) in [6.45, 7) is 2.51. The number of aliphatic hydroxyl groups excluding tert-OH is 1. The normalized spacial score (nSPS) is 24.0. The highest BCUT2D eigenvalue weighted by atomic mass is 16.6. The first-order valence-electron chi connectivity index (χ1n) is 8.81. The summed E-state index contributed by atoms with van der Waals surface area (Å²) in [6.07, 6.45) is 4.07. The van der Waals surface area contributed by atoms with Crippen LogP contribution in [0.4, 0.5) is 4.79 Å². The number of aliphatic hydroxyl groups is 1. The van der Waals surface area contributed by atoms with Gasteiger partial charge in [0.25, 0.3) is 5.91 Å². The Morgan fingerprint density at radius 2 is 2.04 bits per heavy atom. The van der Waals surface area contributed by atoms with Crippen LogP contribution in [0.5, 0.6) is 0 Å². The van der Waals surface area contributed by atoms with Crippen molar-refractivity contribution >= 4 is 12.0 Å². The maximum Gasteiger partial charge on any atom is 0.410 e. The van der Waals surface area contributed by atoms with E-state index in [1.54, 1.807) is 0 Å². The van der Waals surface area contributed by atoms with E-state index < -0.39 is 24.2 Å². The molecule has 0 spiro atoms. The number of nitrogens with one attached hydrogen (secondary N) is 1. The van der Waals surface area contributed by atoms with Crippen molar-refractivity contribution in [3.05, 3.63) is 0 Å². The summed E-state index contributed by atoms with van der Waals surface area (Å²) < 4.78 is 5.51. The number of amides is 2.